The molecule has 0 atom stereocenters. The molecule has 0 unspecified atom stereocenters. The molecule has 1 fully saturated rings. The SMILES string of the molecule is CN(c1c(F)cc(CO)cc1F)C1CC1. The summed E-state index contributed by atoms with van der Waals surface area (Å²) in [6, 6.07) is 2.61. The molecule has 0 saturated heterocycles. The molecule has 1 saturated carbocycles. The van der Waals surface area contributed by atoms with Gasteiger partial charge in [0.25, 0.3) is 0 Å². The highest BCUT2D eigenvalue weighted by Gasteiger charge is 2.29. The third kappa shape index (κ3) is 1.95. The first-order chi connectivity index (χ1) is 7.13. The Bertz CT molecular complexity index is 354. The number of hydrogen-bond acceptors (Lipinski definition) is 2. The number of halogens is 2. The number of aliphatic hydroxyl groups is 1. The van der Waals surface area contributed by atoms with Gasteiger partial charge in [0.15, 0.2) is 0 Å². The van der Waals surface area contributed by atoms with E-state index in [-0.39, 0.29) is 23.9 Å². The Kier molecular flexibility index (Phi) is 2.61. The van der Waals surface area contributed by atoms with Crippen molar-refractivity contribution in [2.45, 2.75) is 25.5 Å². The molecular weight excluding hydrogens is 200 g/mol. The van der Waals surface area contributed by atoms with E-state index in [0.717, 1.165) is 12.8 Å². The van der Waals surface area contributed by atoms with Crippen molar-refractivity contribution in [1.82, 2.24) is 0 Å². The topological polar surface area (TPSA) is 23.5 Å². The molecule has 0 amide bonds. The molecule has 1 aliphatic carbocycles. The first-order valence-electron chi connectivity index (χ1n) is 4.95. The molecule has 0 spiro atoms. The molecule has 2 rings (SSSR count). The van der Waals surface area contributed by atoms with Gasteiger partial charge >= 0.3 is 0 Å². The van der Waals surface area contributed by atoms with Gasteiger partial charge in [-0.3, -0.25) is 0 Å². The first-order valence-corrected chi connectivity index (χ1v) is 4.95. The first kappa shape index (κ1) is 10.4. The molecule has 4 heteroatoms. The number of nitrogens with zero attached hydrogens (tertiary/aromatic N) is 1. The van der Waals surface area contributed by atoms with Crippen LogP contribution in [0.25, 0.3) is 0 Å². The molecular formula is C11H13F2NO. The summed E-state index contributed by atoms with van der Waals surface area (Å²) in [5.41, 5.74) is 0.271. The molecule has 1 aromatic carbocycles. The van der Waals surface area contributed by atoms with Gasteiger partial charge in [0.05, 0.1) is 6.61 Å². The van der Waals surface area contributed by atoms with E-state index < -0.39 is 11.6 Å². The number of anilines is 1. The van der Waals surface area contributed by atoms with E-state index in [1.54, 1.807) is 11.9 Å². The summed E-state index contributed by atoms with van der Waals surface area (Å²) in [4.78, 5) is 1.63. The standard InChI is InChI=1S/C11H13F2NO/c1-14(8-2-3-8)11-9(12)4-7(6-15)5-10(11)13/h4-5,8,15H,2-3,6H2,1H3. The van der Waals surface area contributed by atoms with Gasteiger partial charge in [0.2, 0.25) is 0 Å². The normalized spacial score (nSPS) is 15.5. The Labute approximate surface area is 87.1 Å². The monoisotopic (exact) mass is 213 g/mol. The van der Waals surface area contributed by atoms with Crippen molar-refractivity contribution in [2.75, 3.05) is 11.9 Å². The molecule has 0 radical (unpaired) electrons. The zero-order valence-electron chi connectivity index (χ0n) is 8.50. The van der Waals surface area contributed by atoms with Crippen molar-refractivity contribution in [3.05, 3.63) is 29.3 Å². The van der Waals surface area contributed by atoms with Gasteiger partial charge < -0.3 is 10.0 Å². The Morgan fingerprint density at radius 2 is 1.87 bits per heavy atom. The van der Waals surface area contributed by atoms with Gasteiger partial charge in [-0.1, -0.05) is 0 Å². The van der Waals surface area contributed by atoms with Gasteiger partial charge in [0.1, 0.15) is 17.3 Å². The summed E-state index contributed by atoms with van der Waals surface area (Å²) in [5.74, 6) is -1.21. The Morgan fingerprint density at radius 1 is 1.33 bits per heavy atom. The average molecular weight is 213 g/mol. The van der Waals surface area contributed by atoms with E-state index in [2.05, 4.69) is 0 Å². The highest BCUT2D eigenvalue weighted by atomic mass is 19.1. The average Bonchev–Trinajstić information content (AvgIpc) is 2.99. The number of hydrogen-bond donors (Lipinski definition) is 1. The fourth-order valence-electron chi connectivity index (χ4n) is 1.69. The maximum absolute atomic E-state index is 13.5. The van der Waals surface area contributed by atoms with E-state index in [1.807, 2.05) is 0 Å². The lowest BCUT2D eigenvalue weighted by Gasteiger charge is -2.20. The fraction of sp³-hybridized carbons (Fsp3) is 0.455. The predicted molar refractivity (Wildman–Crippen MR) is 53.7 cm³/mol. The van der Waals surface area contributed by atoms with Gasteiger partial charge in [-0.2, -0.15) is 0 Å². The second kappa shape index (κ2) is 3.77. The van der Waals surface area contributed by atoms with Crippen LogP contribution in [0, 0.1) is 11.6 Å². The lowest BCUT2D eigenvalue weighted by atomic mass is 10.2. The summed E-state index contributed by atoms with van der Waals surface area (Å²) in [6.07, 6.45) is 1.97. The molecule has 0 aromatic heterocycles. The Morgan fingerprint density at radius 3 is 2.27 bits per heavy atom. The lowest BCUT2D eigenvalue weighted by molar-refractivity contribution is 0.280. The summed E-state index contributed by atoms with van der Waals surface area (Å²) >= 11 is 0. The molecule has 15 heavy (non-hydrogen) atoms. The summed E-state index contributed by atoms with van der Waals surface area (Å²) in [7, 11) is 1.69. The van der Waals surface area contributed by atoms with Crippen LogP contribution >= 0.6 is 0 Å². The molecule has 0 aliphatic heterocycles. The second-order valence-corrected chi connectivity index (χ2v) is 3.91. The number of benzene rings is 1. The van der Waals surface area contributed by atoms with Crippen LogP contribution < -0.4 is 4.90 Å². The zero-order chi connectivity index (χ0) is 11.0. The molecule has 1 aliphatic rings. The third-order valence-corrected chi connectivity index (χ3v) is 2.71. The maximum Gasteiger partial charge on any atom is 0.149 e. The van der Waals surface area contributed by atoms with Gasteiger partial charge in [-0.25, -0.2) is 8.78 Å². The molecule has 2 nitrogen and oxygen atoms in total. The number of aliphatic hydroxyl groups excluding tert-OH is 1. The Balaban J connectivity index is 2.37. The smallest absolute Gasteiger partial charge is 0.149 e. The predicted octanol–water partition coefficient (Wildman–Crippen LogP) is 2.06. The summed E-state index contributed by atoms with van der Waals surface area (Å²) < 4.78 is 27.1. The van der Waals surface area contributed by atoms with Crippen LogP contribution in [0.15, 0.2) is 12.1 Å². The van der Waals surface area contributed by atoms with Crippen molar-refractivity contribution in [3.8, 4) is 0 Å². The maximum atomic E-state index is 13.5. The quantitative estimate of drug-likeness (QED) is 0.830. The second-order valence-electron chi connectivity index (χ2n) is 3.91. The van der Waals surface area contributed by atoms with Crippen molar-refractivity contribution in [2.24, 2.45) is 0 Å². The largest absolute Gasteiger partial charge is 0.392 e. The van der Waals surface area contributed by atoms with Crippen LogP contribution in [0.5, 0.6) is 0 Å². The molecule has 82 valence electrons. The molecule has 1 aromatic rings. The van der Waals surface area contributed by atoms with Crippen molar-refractivity contribution >= 4 is 5.69 Å². The van der Waals surface area contributed by atoms with Crippen LogP contribution in [0.2, 0.25) is 0 Å². The van der Waals surface area contributed by atoms with Gasteiger partial charge in [-0.15, -0.1) is 0 Å². The lowest BCUT2D eigenvalue weighted by Crippen LogP contribution is -2.22. The fourth-order valence-corrected chi connectivity index (χ4v) is 1.69. The minimum atomic E-state index is -0.603. The van der Waals surface area contributed by atoms with Crippen LogP contribution in [0.3, 0.4) is 0 Å². The van der Waals surface area contributed by atoms with E-state index in [1.165, 1.54) is 12.1 Å². The summed E-state index contributed by atoms with van der Waals surface area (Å²) in [5, 5.41) is 8.79. The third-order valence-electron chi connectivity index (χ3n) is 2.71. The minimum Gasteiger partial charge on any atom is -0.392 e. The number of rotatable bonds is 3. The van der Waals surface area contributed by atoms with Crippen molar-refractivity contribution in [3.63, 3.8) is 0 Å². The van der Waals surface area contributed by atoms with Gasteiger partial charge in [-0.05, 0) is 30.5 Å². The van der Waals surface area contributed by atoms with Crippen LogP contribution in [0.1, 0.15) is 18.4 Å². The van der Waals surface area contributed by atoms with Crippen LogP contribution in [-0.4, -0.2) is 18.2 Å². The Hall–Kier alpha value is -1.16. The van der Waals surface area contributed by atoms with Crippen LogP contribution in [0.4, 0.5) is 14.5 Å². The van der Waals surface area contributed by atoms with E-state index in [0.29, 0.717) is 0 Å². The summed E-state index contributed by atoms with van der Waals surface area (Å²) in [6.45, 7) is -0.346. The van der Waals surface area contributed by atoms with E-state index >= 15 is 0 Å². The van der Waals surface area contributed by atoms with Crippen molar-refractivity contribution in [1.29, 1.82) is 0 Å². The van der Waals surface area contributed by atoms with E-state index in [9.17, 15) is 8.78 Å². The van der Waals surface area contributed by atoms with Gasteiger partial charge in [0, 0.05) is 13.1 Å². The highest BCUT2D eigenvalue weighted by Crippen LogP contribution is 2.33. The highest BCUT2D eigenvalue weighted by molar-refractivity contribution is 5.51. The van der Waals surface area contributed by atoms with Crippen LogP contribution in [-0.2, 0) is 6.61 Å². The molecule has 0 bridgehead atoms. The zero-order valence-corrected chi connectivity index (χ0v) is 8.50. The van der Waals surface area contributed by atoms with E-state index in [4.69, 9.17) is 5.11 Å². The van der Waals surface area contributed by atoms with Crippen molar-refractivity contribution < 1.29 is 13.9 Å². The molecule has 1 N–H and O–H groups in total. The minimum absolute atomic E-state index is 0.00898. The molecule has 0 heterocycles.